The quantitative estimate of drug-likeness (QED) is 0.555. The fraction of sp³-hybridized carbons (Fsp3) is 0.100. The van der Waals surface area contributed by atoms with E-state index < -0.39 is 10.1 Å². The maximum absolute atomic E-state index is 11.8. The van der Waals surface area contributed by atoms with E-state index in [0.29, 0.717) is 5.56 Å². The number of aryl methyl sites for hydroxylation is 2. The Labute approximate surface area is 158 Å². The zero-order chi connectivity index (χ0) is 19.9. The van der Waals surface area contributed by atoms with E-state index in [4.69, 9.17) is 0 Å². The van der Waals surface area contributed by atoms with Crippen molar-refractivity contribution >= 4 is 21.7 Å². The van der Waals surface area contributed by atoms with Crippen LogP contribution in [0.5, 0.6) is 0 Å². The standard InChI is InChI=1S/C13H12N2O.C7H8O3S/c1-15-9-7-12(8-10-15)14-13(16)11-5-3-2-4-6-11;1-6-2-4-7(5-3-6)11(8,9)10/h2-10H,1H3;2-5H,1H3,(H,8,9,10). The summed E-state index contributed by atoms with van der Waals surface area (Å²) in [4.78, 5) is 11.6. The van der Waals surface area contributed by atoms with E-state index in [0.717, 1.165) is 11.3 Å². The van der Waals surface area contributed by atoms with Crippen LogP contribution in [-0.2, 0) is 17.2 Å². The molecule has 1 N–H and O–H groups in total. The van der Waals surface area contributed by atoms with Gasteiger partial charge in [0.15, 0.2) is 12.4 Å². The van der Waals surface area contributed by atoms with E-state index >= 15 is 0 Å². The zero-order valence-electron chi connectivity index (χ0n) is 15.0. The van der Waals surface area contributed by atoms with Crippen LogP contribution in [0, 0.1) is 6.92 Å². The number of amides is 1. The molecule has 1 aromatic heterocycles. The lowest BCUT2D eigenvalue weighted by Gasteiger charge is -2.05. The summed E-state index contributed by atoms with van der Waals surface area (Å²) in [6, 6.07) is 18.7. The first-order valence-corrected chi connectivity index (χ1v) is 9.51. The summed E-state index contributed by atoms with van der Waals surface area (Å²) >= 11 is 0. The predicted octanol–water partition coefficient (Wildman–Crippen LogP) is 2.66. The lowest BCUT2D eigenvalue weighted by molar-refractivity contribution is -0.671. The first-order chi connectivity index (χ1) is 12.8. The van der Waals surface area contributed by atoms with Crippen LogP contribution in [0.2, 0.25) is 0 Å². The molecule has 0 aliphatic heterocycles. The summed E-state index contributed by atoms with van der Waals surface area (Å²) in [5, 5.41) is 2.83. The van der Waals surface area contributed by atoms with Gasteiger partial charge in [-0.15, -0.1) is 0 Å². The molecule has 7 heteroatoms. The van der Waals surface area contributed by atoms with Crippen LogP contribution in [0.25, 0.3) is 0 Å². The van der Waals surface area contributed by atoms with Gasteiger partial charge in [0.25, 0.3) is 5.91 Å². The normalized spacial score (nSPS) is 10.5. The summed E-state index contributed by atoms with van der Waals surface area (Å²) in [6.07, 6.45) is 3.78. The summed E-state index contributed by atoms with van der Waals surface area (Å²) in [5.74, 6) is -0.0885. The highest BCUT2D eigenvalue weighted by Crippen LogP contribution is 2.08. The van der Waals surface area contributed by atoms with E-state index in [2.05, 4.69) is 5.32 Å². The van der Waals surface area contributed by atoms with Crippen molar-refractivity contribution in [1.82, 2.24) is 0 Å². The first kappa shape index (κ1) is 20.3. The molecule has 2 aromatic carbocycles. The molecule has 0 bridgehead atoms. The van der Waals surface area contributed by atoms with E-state index in [9.17, 15) is 17.8 Å². The van der Waals surface area contributed by atoms with Crippen LogP contribution in [0.3, 0.4) is 0 Å². The first-order valence-electron chi connectivity index (χ1n) is 8.10. The van der Waals surface area contributed by atoms with Crippen molar-refractivity contribution in [1.29, 1.82) is 0 Å². The zero-order valence-corrected chi connectivity index (χ0v) is 15.8. The summed E-state index contributed by atoms with van der Waals surface area (Å²) in [6.45, 7) is 1.82. The third kappa shape index (κ3) is 6.65. The van der Waals surface area contributed by atoms with Crippen molar-refractivity contribution in [3.05, 3.63) is 90.3 Å². The van der Waals surface area contributed by atoms with Gasteiger partial charge in [-0.1, -0.05) is 35.9 Å². The molecule has 0 spiro atoms. The van der Waals surface area contributed by atoms with Gasteiger partial charge in [0.2, 0.25) is 0 Å². The topological polar surface area (TPSA) is 90.2 Å². The maximum Gasteiger partial charge on any atom is 0.255 e. The van der Waals surface area contributed by atoms with E-state index in [-0.39, 0.29) is 10.8 Å². The Morgan fingerprint density at radius 3 is 2.00 bits per heavy atom. The smallest absolute Gasteiger partial charge is 0.255 e. The Morgan fingerprint density at radius 2 is 1.48 bits per heavy atom. The molecular formula is C20H20N2O4S. The average molecular weight is 384 g/mol. The molecule has 0 atom stereocenters. The monoisotopic (exact) mass is 384 g/mol. The van der Waals surface area contributed by atoms with Gasteiger partial charge in [0.05, 0.1) is 10.6 Å². The van der Waals surface area contributed by atoms with Crippen molar-refractivity contribution in [2.75, 3.05) is 5.32 Å². The molecule has 0 aliphatic rings. The molecule has 0 radical (unpaired) electrons. The second-order valence-electron chi connectivity index (χ2n) is 5.84. The Balaban J connectivity index is 0.000000208. The van der Waals surface area contributed by atoms with Gasteiger partial charge in [-0.2, -0.15) is 0 Å². The van der Waals surface area contributed by atoms with Gasteiger partial charge in [-0.25, -0.2) is 13.0 Å². The van der Waals surface area contributed by atoms with Gasteiger partial charge >= 0.3 is 0 Å². The molecule has 140 valence electrons. The van der Waals surface area contributed by atoms with Crippen LogP contribution in [-0.4, -0.2) is 18.9 Å². The molecule has 0 aliphatic carbocycles. The van der Waals surface area contributed by atoms with Gasteiger partial charge in [-0.05, 0) is 31.2 Å². The van der Waals surface area contributed by atoms with Crippen molar-refractivity contribution in [2.24, 2.45) is 7.05 Å². The number of anilines is 1. The fourth-order valence-electron chi connectivity index (χ4n) is 2.08. The lowest BCUT2D eigenvalue weighted by atomic mass is 10.2. The third-order valence-corrected chi connectivity index (χ3v) is 4.43. The largest absolute Gasteiger partial charge is 0.744 e. The van der Waals surface area contributed by atoms with Crippen LogP contribution >= 0.6 is 0 Å². The average Bonchev–Trinajstić information content (AvgIpc) is 2.64. The summed E-state index contributed by atoms with van der Waals surface area (Å²) < 4.78 is 33.1. The number of nitrogens with one attached hydrogen (secondary N) is 1. The molecule has 1 amide bonds. The van der Waals surface area contributed by atoms with Gasteiger partial charge in [0.1, 0.15) is 17.2 Å². The van der Waals surface area contributed by atoms with E-state index in [1.165, 1.54) is 12.1 Å². The number of carbonyl (C=O) groups is 1. The lowest BCUT2D eigenvalue weighted by Crippen LogP contribution is -2.26. The molecule has 3 rings (SSSR count). The Hall–Kier alpha value is -3.03. The minimum absolute atomic E-state index is 0.0885. The minimum Gasteiger partial charge on any atom is -0.744 e. The minimum atomic E-state index is -4.27. The Morgan fingerprint density at radius 1 is 0.926 bits per heavy atom. The number of pyridine rings is 1. The second kappa shape index (κ2) is 9.07. The molecule has 3 aromatic rings. The number of hydrogen-bond donors (Lipinski definition) is 1. The highest BCUT2D eigenvalue weighted by Gasteiger charge is 2.05. The Kier molecular flexibility index (Phi) is 6.81. The SMILES string of the molecule is C[n+]1ccc(NC(=O)c2ccccc2)cc1.Cc1ccc(S(=O)(=O)[O-])cc1. The van der Waals surface area contributed by atoms with Crippen molar-refractivity contribution in [3.63, 3.8) is 0 Å². The number of benzene rings is 2. The van der Waals surface area contributed by atoms with Crippen LogP contribution in [0.15, 0.2) is 84.0 Å². The van der Waals surface area contributed by atoms with Gasteiger partial charge in [0, 0.05) is 17.7 Å². The summed E-state index contributed by atoms with van der Waals surface area (Å²) in [5.41, 5.74) is 2.39. The van der Waals surface area contributed by atoms with Crippen LogP contribution in [0.4, 0.5) is 5.69 Å². The highest BCUT2D eigenvalue weighted by molar-refractivity contribution is 7.85. The fourth-order valence-corrected chi connectivity index (χ4v) is 2.55. The van der Waals surface area contributed by atoms with Crippen molar-refractivity contribution in [3.8, 4) is 0 Å². The molecule has 1 heterocycles. The van der Waals surface area contributed by atoms with E-state index in [1.54, 1.807) is 24.3 Å². The number of nitrogens with zero attached hydrogens (tertiary/aromatic N) is 1. The molecule has 0 unspecified atom stereocenters. The molecule has 0 saturated heterocycles. The van der Waals surface area contributed by atoms with Gasteiger partial charge in [-0.3, -0.25) is 4.79 Å². The molecule has 0 fully saturated rings. The number of rotatable bonds is 3. The number of hydrogen-bond acceptors (Lipinski definition) is 4. The maximum atomic E-state index is 11.8. The van der Waals surface area contributed by atoms with E-state index in [1.807, 2.05) is 61.3 Å². The Bertz CT molecular complexity index is 984. The molecule has 0 saturated carbocycles. The van der Waals surface area contributed by atoms with Gasteiger partial charge < -0.3 is 9.87 Å². The third-order valence-electron chi connectivity index (χ3n) is 3.58. The van der Waals surface area contributed by atoms with Crippen molar-refractivity contribution in [2.45, 2.75) is 11.8 Å². The predicted molar refractivity (Wildman–Crippen MR) is 101 cm³/mol. The highest BCUT2D eigenvalue weighted by atomic mass is 32.2. The van der Waals surface area contributed by atoms with Crippen molar-refractivity contribution < 1.29 is 22.3 Å². The molecular weight excluding hydrogens is 364 g/mol. The number of carbonyl (C=O) groups excluding carboxylic acids is 1. The molecule has 27 heavy (non-hydrogen) atoms. The number of aromatic nitrogens is 1. The van der Waals surface area contributed by atoms with Crippen LogP contribution in [0.1, 0.15) is 15.9 Å². The van der Waals surface area contributed by atoms with Crippen LogP contribution < -0.4 is 9.88 Å². The molecule has 6 nitrogen and oxygen atoms in total. The summed E-state index contributed by atoms with van der Waals surface area (Å²) in [7, 11) is -2.34. The second-order valence-corrected chi connectivity index (χ2v) is 7.22.